The summed E-state index contributed by atoms with van der Waals surface area (Å²) in [6.45, 7) is 3.59. The van der Waals surface area contributed by atoms with Crippen LogP contribution in [0.5, 0.6) is 0 Å². The van der Waals surface area contributed by atoms with Crippen LogP contribution in [0.3, 0.4) is 0 Å². The number of benzene rings is 2. The number of amidine groups is 1. The van der Waals surface area contributed by atoms with Crippen LogP contribution in [0.25, 0.3) is 0 Å². The molecule has 1 aliphatic rings. The van der Waals surface area contributed by atoms with Gasteiger partial charge in [-0.25, -0.2) is 19.2 Å². The second kappa shape index (κ2) is 16.5. The third-order valence-corrected chi connectivity index (χ3v) is 6.24. The summed E-state index contributed by atoms with van der Waals surface area (Å²) in [5, 5.41) is 15.4. The van der Waals surface area contributed by atoms with E-state index < -0.39 is 41.3 Å². The number of hydrogen-bond acceptors (Lipinski definition) is 11. The van der Waals surface area contributed by atoms with Gasteiger partial charge in [-0.2, -0.15) is 0 Å². The summed E-state index contributed by atoms with van der Waals surface area (Å²) >= 11 is 0. The lowest BCUT2D eigenvalue weighted by atomic mass is 9.87. The maximum atomic E-state index is 13.4. The lowest BCUT2D eigenvalue weighted by Crippen LogP contribution is -2.64. The fourth-order valence-corrected chi connectivity index (χ4v) is 4.09. The van der Waals surface area contributed by atoms with E-state index in [1.54, 1.807) is 56.3 Å². The average molecular weight is 597 g/mol. The molecule has 2 aromatic carbocycles. The van der Waals surface area contributed by atoms with Crippen LogP contribution in [0, 0.1) is 5.41 Å². The Morgan fingerprint density at radius 2 is 1.42 bits per heavy atom. The highest BCUT2D eigenvalue weighted by atomic mass is 16.7. The van der Waals surface area contributed by atoms with Gasteiger partial charge >= 0.3 is 24.1 Å². The van der Waals surface area contributed by atoms with Gasteiger partial charge in [0.05, 0.1) is 19.3 Å². The first kappa shape index (κ1) is 32.6. The van der Waals surface area contributed by atoms with Crippen LogP contribution in [0.4, 0.5) is 9.59 Å². The number of carbonyl (C=O) groups excluding carboxylic acids is 4. The molecular weight excluding hydrogens is 560 g/mol. The molecule has 13 nitrogen and oxygen atoms in total. The van der Waals surface area contributed by atoms with E-state index in [0.29, 0.717) is 29.8 Å². The molecule has 3 rings (SSSR count). The van der Waals surface area contributed by atoms with E-state index in [2.05, 4.69) is 10.6 Å². The van der Waals surface area contributed by atoms with E-state index in [1.165, 1.54) is 0 Å². The van der Waals surface area contributed by atoms with Crippen LogP contribution in [-0.2, 0) is 46.6 Å². The third kappa shape index (κ3) is 9.85. The molecule has 0 unspecified atom stereocenters. The maximum Gasteiger partial charge on any atom is 0.449 e. The number of nitrogens with zero attached hydrogens (tertiary/aromatic N) is 1. The maximum absolute atomic E-state index is 13.4. The Bertz CT molecular complexity index is 1280. The Kier molecular flexibility index (Phi) is 12.5. The Morgan fingerprint density at radius 3 is 1.98 bits per heavy atom. The highest BCUT2D eigenvalue weighted by Crippen LogP contribution is 2.25. The number of rotatable bonds is 12. The SMILES string of the molecule is CCOC(=O)C=C(ON(C(=N)C1(NC(=O)OCc2ccccc2)CCNCC1)C(=O)OCc1ccccc1)C(=O)OCC. The van der Waals surface area contributed by atoms with Crippen LogP contribution in [0.2, 0.25) is 0 Å². The van der Waals surface area contributed by atoms with Crippen molar-refractivity contribution < 1.29 is 43.0 Å². The first-order chi connectivity index (χ1) is 20.8. The highest BCUT2D eigenvalue weighted by Gasteiger charge is 2.45. The van der Waals surface area contributed by atoms with Gasteiger partial charge in [-0.05, 0) is 50.9 Å². The zero-order valence-electron chi connectivity index (χ0n) is 24.1. The van der Waals surface area contributed by atoms with Gasteiger partial charge in [0, 0.05) is 0 Å². The highest BCUT2D eigenvalue weighted by molar-refractivity contribution is 6.01. The van der Waals surface area contributed by atoms with Gasteiger partial charge in [0.1, 0.15) is 18.8 Å². The largest absolute Gasteiger partial charge is 0.463 e. The summed E-state index contributed by atoms with van der Waals surface area (Å²) in [6.07, 6.45) is -0.975. The van der Waals surface area contributed by atoms with Crippen molar-refractivity contribution in [3.63, 3.8) is 0 Å². The molecule has 0 radical (unpaired) electrons. The van der Waals surface area contributed by atoms with Crippen LogP contribution >= 0.6 is 0 Å². The molecule has 2 amide bonds. The molecule has 0 bridgehead atoms. The Labute approximate surface area is 249 Å². The van der Waals surface area contributed by atoms with Crippen LogP contribution in [-0.4, -0.2) is 66.9 Å². The monoisotopic (exact) mass is 596 g/mol. The van der Waals surface area contributed by atoms with Crippen molar-refractivity contribution in [1.29, 1.82) is 5.41 Å². The van der Waals surface area contributed by atoms with E-state index in [0.717, 1.165) is 5.56 Å². The molecule has 1 saturated heterocycles. The van der Waals surface area contributed by atoms with Gasteiger partial charge in [0.2, 0.25) is 5.76 Å². The Balaban J connectivity index is 1.91. The van der Waals surface area contributed by atoms with E-state index in [-0.39, 0.29) is 39.3 Å². The van der Waals surface area contributed by atoms with Gasteiger partial charge in [-0.1, -0.05) is 65.7 Å². The summed E-state index contributed by atoms with van der Waals surface area (Å²) in [4.78, 5) is 57.0. The number of carbonyl (C=O) groups is 4. The molecule has 3 N–H and O–H groups in total. The topological polar surface area (TPSA) is 166 Å². The fourth-order valence-electron chi connectivity index (χ4n) is 4.09. The molecule has 230 valence electrons. The summed E-state index contributed by atoms with van der Waals surface area (Å²) < 4.78 is 20.7. The molecule has 2 aromatic rings. The zero-order valence-corrected chi connectivity index (χ0v) is 24.1. The molecule has 1 aliphatic heterocycles. The van der Waals surface area contributed by atoms with Crippen molar-refractivity contribution in [3.8, 4) is 0 Å². The van der Waals surface area contributed by atoms with Crippen LogP contribution in [0.1, 0.15) is 37.8 Å². The summed E-state index contributed by atoms with van der Waals surface area (Å²) in [7, 11) is 0. The molecule has 1 heterocycles. The molecule has 0 aliphatic carbocycles. The molecule has 0 atom stereocenters. The fraction of sp³-hybridized carbons (Fsp3) is 0.367. The number of hydrogen-bond donors (Lipinski definition) is 3. The van der Waals surface area contributed by atoms with Crippen LogP contribution < -0.4 is 10.6 Å². The van der Waals surface area contributed by atoms with E-state index >= 15 is 0 Å². The van der Waals surface area contributed by atoms with Crippen molar-refractivity contribution in [2.75, 3.05) is 26.3 Å². The van der Waals surface area contributed by atoms with Gasteiger partial charge in [-0.3, -0.25) is 5.41 Å². The summed E-state index contributed by atoms with van der Waals surface area (Å²) in [5.74, 6) is -3.30. The van der Waals surface area contributed by atoms with E-state index in [1.807, 2.05) is 18.2 Å². The van der Waals surface area contributed by atoms with Crippen molar-refractivity contribution in [2.24, 2.45) is 0 Å². The molecular formula is C30H36N4O9. The molecule has 1 fully saturated rings. The number of hydroxylamine groups is 2. The first-order valence-corrected chi connectivity index (χ1v) is 13.8. The summed E-state index contributed by atoms with van der Waals surface area (Å²) in [5.41, 5.74) is -0.0759. The average Bonchev–Trinajstić information content (AvgIpc) is 3.02. The molecule has 13 heteroatoms. The van der Waals surface area contributed by atoms with E-state index in [9.17, 15) is 19.2 Å². The molecule has 0 aromatic heterocycles. The van der Waals surface area contributed by atoms with Crippen molar-refractivity contribution >= 4 is 30.0 Å². The number of esters is 2. The summed E-state index contributed by atoms with van der Waals surface area (Å²) in [6, 6.07) is 17.8. The van der Waals surface area contributed by atoms with Crippen molar-refractivity contribution in [3.05, 3.63) is 83.6 Å². The number of piperidine rings is 1. The number of ether oxygens (including phenoxy) is 4. The smallest absolute Gasteiger partial charge is 0.449 e. The second-order valence-electron chi connectivity index (χ2n) is 9.27. The number of amides is 2. The zero-order chi connectivity index (χ0) is 31.1. The quantitative estimate of drug-likeness (QED) is 0.0627. The van der Waals surface area contributed by atoms with Gasteiger partial charge in [-0.15, -0.1) is 0 Å². The first-order valence-electron chi connectivity index (χ1n) is 13.8. The number of alkyl carbamates (subject to hydrolysis) is 1. The minimum absolute atomic E-state index is 0.00914. The predicted molar refractivity (Wildman–Crippen MR) is 153 cm³/mol. The molecule has 0 saturated carbocycles. The minimum atomic E-state index is -1.48. The predicted octanol–water partition coefficient (Wildman–Crippen LogP) is 3.59. The standard InChI is InChI=1S/C30H36N4O9/c1-3-39-25(35)19-24(26(36)40-4-2)43-34(29(38)42-21-23-13-9-6-10-14-23)27(31)30(15-17-32-18-16-30)33-28(37)41-20-22-11-7-5-8-12-22/h5-14,19,31-32H,3-4,15-18,20-21H2,1-2H3,(H,33,37). The van der Waals surface area contributed by atoms with Gasteiger partial charge in [0.15, 0.2) is 5.84 Å². The number of nitrogens with one attached hydrogen (secondary N) is 3. The molecule has 0 spiro atoms. The Hall–Kier alpha value is -4.91. The van der Waals surface area contributed by atoms with Crippen LogP contribution in [0.15, 0.2) is 72.5 Å². The lowest BCUT2D eigenvalue weighted by Gasteiger charge is -2.40. The normalized spacial score (nSPS) is 14.0. The van der Waals surface area contributed by atoms with Crippen molar-refractivity contribution in [2.45, 2.75) is 45.4 Å². The lowest BCUT2D eigenvalue weighted by molar-refractivity contribution is -0.151. The van der Waals surface area contributed by atoms with Gasteiger partial charge < -0.3 is 34.4 Å². The second-order valence-corrected chi connectivity index (χ2v) is 9.27. The van der Waals surface area contributed by atoms with E-state index in [4.69, 9.17) is 29.2 Å². The molecule has 43 heavy (non-hydrogen) atoms. The minimum Gasteiger partial charge on any atom is -0.463 e. The third-order valence-electron chi connectivity index (χ3n) is 6.24. The Morgan fingerprint density at radius 1 is 0.860 bits per heavy atom. The van der Waals surface area contributed by atoms with Gasteiger partial charge in [0.25, 0.3) is 0 Å². The van der Waals surface area contributed by atoms with Crippen molar-refractivity contribution in [1.82, 2.24) is 15.7 Å².